The lowest BCUT2D eigenvalue weighted by molar-refractivity contribution is 0.0960. The number of aromatic nitrogens is 2. The van der Waals surface area contributed by atoms with E-state index < -0.39 is 0 Å². The number of hydrogen-bond acceptors (Lipinski definition) is 4. The van der Waals surface area contributed by atoms with Crippen molar-refractivity contribution < 1.29 is 4.74 Å². The third-order valence-corrected chi connectivity index (χ3v) is 3.88. The molecular formula is C17H29N3O. The summed E-state index contributed by atoms with van der Waals surface area (Å²) in [5.74, 6) is 2.13. The lowest BCUT2D eigenvalue weighted by atomic mass is 9.82. The smallest absolute Gasteiger partial charge is 0.232 e. The van der Waals surface area contributed by atoms with Gasteiger partial charge in [-0.15, -0.1) is 0 Å². The quantitative estimate of drug-likeness (QED) is 0.921. The highest BCUT2D eigenvalue weighted by Crippen LogP contribution is 2.30. The zero-order chi connectivity index (χ0) is 15.5. The SMILES string of the molecule is CC1CC(C)CC(Oc2cncc(CNC(C)(C)C)n2)C1. The summed E-state index contributed by atoms with van der Waals surface area (Å²) < 4.78 is 6.07. The van der Waals surface area contributed by atoms with Crippen LogP contribution in [0.3, 0.4) is 0 Å². The minimum Gasteiger partial charge on any atom is -0.473 e. The molecule has 1 aliphatic carbocycles. The van der Waals surface area contributed by atoms with E-state index in [0.29, 0.717) is 12.4 Å². The molecule has 0 saturated heterocycles. The Labute approximate surface area is 128 Å². The Morgan fingerprint density at radius 2 is 1.81 bits per heavy atom. The number of rotatable bonds is 4. The second kappa shape index (κ2) is 6.73. The van der Waals surface area contributed by atoms with E-state index in [1.807, 2.05) is 0 Å². The van der Waals surface area contributed by atoms with Crippen molar-refractivity contribution in [1.29, 1.82) is 0 Å². The molecule has 0 amide bonds. The minimum absolute atomic E-state index is 0.0762. The summed E-state index contributed by atoms with van der Waals surface area (Å²) in [5, 5.41) is 3.43. The third-order valence-electron chi connectivity index (χ3n) is 3.88. The van der Waals surface area contributed by atoms with Crippen molar-refractivity contribution in [2.45, 2.75) is 72.1 Å². The molecule has 0 spiro atoms. The van der Waals surface area contributed by atoms with Gasteiger partial charge in [0.1, 0.15) is 6.10 Å². The van der Waals surface area contributed by atoms with Gasteiger partial charge in [-0.1, -0.05) is 13.8 Å². The van der Waals surface area contributed by atoms with Gasteiger partial charge in [-0.3, -0.25) is 4.98 Å². The number of ether oxygens (including phenoxy) is 1. The second-order valence-electron chi connectivity index (χ2n) is 7.61. The van der Waals surface area contributed by atoms with Crippen molar-refractivity contribution in [1.82, 2.24) is 15.3 Å². The Morgan fingerprint density at radius 3 is 2.43 bits per heavy atom. The highest BCUT2D eigenvalue weighted by atomic mass is 16.5. The molecule has 1 N–H and O–H groups in total. The molecule has 1 heterocycles. The summed E-state index contributed by atoms with van der Waals surface area (Å²) in [6.07, 6.45) is 7.36. The van der Waals surface area contributed by atoms with Crippen LogP contribution in [0.2, 0.25) is 0 Å². The molecule has 2 rings (SSSR count). The molecular weight excluding hydrogens is 262 g/mol. The van der Waals surface area contributed by atoms with Gasteiger partial charge in [0.2, 0.25) is 5.88 Å². The predicted octanol–water partition coefficient (Wildman–Crippen LogP) is 3.57. The maximum absolute atomic E-state index is 6.07. The van der Waals surface area contributed by atoms with Gasteiger partial charge in [0.15, 0.2) is 0 Å². The first-order valence-electron chi connectivity index (χ1n) is 8.04. The van der Waals surface area contributed by atoms with Crippen molar-refractivity contribution >= 4 is 0 Å². The van der Waals surface area contributed by atoms with E-state index >= 15 is 0 Å². The molecule has 0 bridgehead atoms. The second-order valence-corrected chi connectivity index (χ2v) is 7.61. The highest BCUT2D eigenvalue weighted by molar-refractivity contribution is 5.09. The van der Waals surface area contributed by atoms with Crippen LogP contribution < -0.4 is 10.1 Å². The first kappa shape index (κ1) is 16.2. The van der Waals surface area contributed by atoms with Gasteiger partial charge in [-0.05, 0) is 51.9 Å². The van der Waals surface area contributed by atoms with E-state index in [-0.39, 0.29) is 11.6 Å². The van der Waals surface area contributed by atoms with Gasteiger partial charge in [0.05, 0.1) is 11.9 Å². The molecule has 4 nitrogen and oxygen atoms in total. The number of hydrogen-bond donors (Lipinski definition) is 1. The van der Waals surface area contributed by atoms with Crippen molar-refractivity contribution in [3.05, 3.63) is 18.1 Å². The number of nitrogens with one attached hydrogen (secondary N) is 1. The summed E-state index contributed by atoms with van der Waals surface area (Å²) in [4.78, 5) is 8.83. The third kappa shape index (κ3) is 5.62. The van der Waals surface area contributed by atoms with E-state index in [1.165, 1.54) is 6.42 Å². The van der Waals surface area contributed by atoms with Crippen LogP contribution in [0.25, 0.3) is 0 Å². The normalized spacial score (nSPS) is 26.6. The monoisotopic (exact) mass is 291 g/mol. The largest absolute Gasteiger partial charge is 0.473 e. The molecule has 1 aliphatic rings. The molecule has 4 heteroatoms. The molecule has 1 aromatic heterocycles. The summed E-state index contributed by atoms with van der Waals surface area (Å²) >= 11 is 0. The average molecular weight is 291 g/mol. The van der Waals surface area contributed by atoms with Crippen LogP contribution in [-0.4, -0.2) is 21.6 Å². The van der Waals surface area contributed by atoms with Crippen LogP contribution in [0.5, 0.6) is 5.88 Å². The van der Waals surface area contributed by atoms with Crippen molar-refractivity contribution in [2.75, 3.05) is 0 Å². The zero-order valence-corrected chi connectivity index (χ0v) is 14.0. The molecule has 2 atom stereocenters. The maximum atomic E-state index is 6.07. The van der Waals surface area contributed by atoms with Gasteiger partial charge in [0, 0.05) is 18.3 Å². The molecule has 118 valence electrons. The van der Waals surface area contributed by atoms with Crippen LogP contribution in [0.15, 0.2) is 12.4 Å². The maximum Gasteiger partial charge on any atom is 0.232 e. The molecule has 0 radical (unpaired) electrons. The van der Waals surface area contributed by atoms with E-state index in [1.54, 1.807) is 12.4 Å². The van der Waals surface area contributed by atoms with Crippen LogP contribution in [-0.2, 0) is 6.54 Å². The van der Waals surface area contributed by atoms with E-state index in [9.17, 15) is 0 Å². The van der Waals surface area contributed by atoms with E-state index in [2.05, 4.69) is 49.9 Å². The lowest BCUT2D eigenvalue weighted by Gasteiger charge is -2.31. The molecule has 1 saturated carbocycles. The Bertz CT molecular complexity index is 446. The summed E-state index contributed by atoms with van der Waals surface area (Å²) in [6, 6.07) is 0. The molecule has 0 aromatic carbocycles. The highest BCUT2D eigenvalue weighted by Gasteiger charge is 2.25. The molecule has 21 heavy (non-hydrogen) atoms. The van der Waals surface area contributed by atoms with Gasteiger partial charge >= 0.3 is 0 Å². The van der Waals surface area contributed by atoms with Crippen molar-refractivity contribution in [3.8, 4) is 5.88 Å². The predicted molar refractivity (Wildman–Crippen MR) is 85.2 cm³/mol. The van der Waals surface area contributed by atoms with Gasteiger partial charge < -0.3 is 10.1 Å². The Kier molecular flexibility index (Phi) is 5.20. The molecule has 0 aliphatic heterocycles. The van der Waals surface area contributed by atoms with Gasteiger partial charge in [-0.2, -0.15) is 0 Å². The zero-order valence-electron chi connectivity index (χ0n) is 14.0. The standard InChI is InChI=1S/C17H29N3O/c1-12-6-13(2)8-15(7-12)21-16-11-18-9-14(20-16)10-19-17(3,4)5/h9,11-13,15,19H,6-8,10H2,1-5H3. The van der Waals surface area contributed by atoms with Gasteiger partial charge in [0.25, 0.3) is 0 Å². The molecule has 1 aromatic rings. The lowest BCUT2D eigenvalue weighted by Crippen LogP contribution is -2.35. The van der Waals surface area contributed by atoms with Crippen molar-refractivity contribution in [2.24, 2.45) is 11.8 Å². The Balaban J connectivity index is 1.94. The van der Waals surface area contributed by atoms with Crippen LogP contribution in [0.1, 0.15) is 59.6 Å². The fourth-order valence-corrected chi connectivity index (χ4v) is 3.02. The first-order chi connectivity index (χ1) is 9.82. The number of nitrogens with zero attached hydrogens (tertiary/aromatic N) is 2. The Hall–Kier alpha value is -1.16. The van der Waals surface area contributed by atoms with Crippen LogP contribution in [0.4, 0.5) is 0 Å². The average Bonchev–Trinajstić information content (AvgIpc) is 2.35. The Morgan fingerprint density at radius 1 is 1.14 bits per heavy atom. The molecule has 2 unspecified atom stereocenters. The summed E-state index contributed by atoms with van der Waals surface area (Å²) in [6.45, 7) is 11.8. The summed E-state index contributed by atoms with van der Waals surface area (Å²) in [7, 11) is 0. The first-order valence-corrected chi connectivity index (χ1v) is 8.04. The molecule has 1 fully saturated rings. The van der Waals surface area contributed by atoms with E-state index in [0.717, 1.165) is 30.4 Å². The fourth-order valence-electron chi connectivity index (χ4n) is 3.02. The van der Waals surface area contributed by atoms with Crippen LogP contribution >= 0.6 is 0 Å². The minimum atomic E-state index is 0.0762. The summed E-state index contributed by atoms with van der Waals surface area (Å²) in [5.41, 5.74) is 1.01. The van der Waals surface area contributed by atoms with Gasteiger partial charge in [-0.25, -0.2) is 4.98 Å². The van der Waals surface area contributed by atoms with E-state index in [4.69, 9.17) is 4.74 Å². The topological polar surface area (TPSA) is 47.0 Å². The van der Waals surface area contributed by atoms with Crippen molar-refractivity contribution in [3.63, 3.8) is 0 Å². The fraction of sp³-hybridized carbons (Fsp3) is 0.765. The van der Waals surface area contributed by atoms with Crippen LogP contribution in [0, 0.1) is 11.8 Å².